The van der Waals surface area contributed by atoms with Gasteiger partial charge in [0.1, 0.15) is 12.2 Å². The van der Waals surface area contributed by atoms with Gasteiger partial charge < -0.3 is 15.7 Å². The van der Waals surface area contributed by atoms with E-state index in [2.05, 4.69) is 26.9 Å². The van der Waals surface area contributed by atoms with Crippen molar-refractivity contribution in [3.8, 4) is 12.3 Å². The highest BCUT2D eigenvalue weighted by Gasteiger charge is 2.05. The Morgan fingerprint density at radius 3 is 2.95 bits per heavy atom. The molecule has 0 aliphatic heterocycles. The number of nitrogens with one attached hydrogen (secondary N) is 2. The van der Waals surface area contributed by atoms with Crippen LogP contribution in [0.25, 0.3) is 0 Å². The van der Waals surface area contributed by atoms with Crippen molar-refractivity contribution in [2.75, 3.05) is 6.54 Å². The Morgan fingerprint density at radius 1 is 1.47 bits per heavy atom. The molecule has 0 radical (unpaired) electrons. The molecule has 1 aromatic heterocycles. The molecule has 1 rings (SSSR count). The minimum absolute atomic E-state index is 0.181. The summed E-state index contributed by atoms with van der Waals surface area (Å²) in [7, 11) is 0. The number of terminal acetylenes is 1. The van der Waals surface area contributed by atoms with Crippen molar-refractivity contribution in [1.29, 1.82) is 0 Å². The molecule has 0 aliphatic carbocycles. The van der Waals surface area contributed by atoms with Gasteiger partial charge in [-0.15, -0.1) is 17.4 Å². The molecular weight excluding hydrogens is 250 g/mol. The maximum atomic E-state index is 11.3. The lowest BCUT2D eigenvalue weighted by Gasteiger charge is -2.04. The van der Waals surface area contributed by atoms with Crippen LogP contribution in [0.4, 0.5) is 4.79 Å². The van der Waals surface area contributed by atoms with Gasteiger partial charge >= 0.3 is 12.0 Å². The van der Waals surface area contributed by atoms with E-state index >= 15 is 0 Å². The molecule has 0 saturated carbocycles. The summed E-state index contributed by atoms with van der Waals surface area (Å²) in [6, 6.07) is -0.329. The Hall–Kier alpha value is -2.56. The summed E-state index contributed by atoms with van der Waals surface area (Å²) in [5.74, 6) is 1.47. The van der Waals surface area contributed by atoms with Crippen LogP contribution in [0.15, 0.2) is 6.20 Å². The SMILES string of the molecule is C#CCCCNC(=O)NCc1cn(CC(=O)O)nn1. The molecule has 0 unspecified atom stereocenters. The monoisotopic (exact) mass is 265 g/mol. The molecule has 0 atom stereocenters. The number of aliphatic carboxylic acids is 1. The molecule has 0 bridgehead atoms. The van der Waals surface area contributed by atoms with E-state index in [0.717, 1.165) is 6.42 Å². The second-order valence-electron chi connectivity index (χ2n) is 3.72. The zero-order valence-electron chi connectivity index (χ0n) is 10.3. The van der Waals surface area contributed by atoms with Crippen LogP contribution in [0.3, 0.4) is 0 Å². The first kappa shape index (κ1) is 14.5. The Bertz CT molecular complexity index is 477. The fourth-order valence-corrected chi connectivity index (χ4v) is 1.26. The predicted octanol–water partition coefficient (Wildman–Crippen LogP) is -0.425. The van der Waals surface area contributed by atoms with E-state index in [1.807, 2.05) is 0 Å². The molecule has 8 heteroatoms. The van der Waals surface area contributed by atoms with Crippen molar-refractivity contribution in [3.63, 3.8) is 0 Å². The zero-order chi connectivity index (χ0) is 14.1. The molecule has 19 heavy (non-hydrogen) atoms. The number of hydrogen-bond donors (Lipinski definition) is 3. The average Bonchev–Trinajstić information content (AvgIpc) is 2.79. The number of amides is 2. The van der Waals surface area contributed by atoms with Gasteiger partial charge in [-0.25, -0.2) is 9.48 Å². The van der Waals surface area contributed by atoms with Gasteiger partial charge in [0.05, 0.1) is 12.7 Å². The Morgan fingerprint density at radius 2 is 2.26 bits per heavy atom. The first-order chi connectivity index (χ1) is 9.11. The Kier molecular flexibility index (Phi) is 5.88. The predicted molar refractivity (Wildman–Crippen MR) is 66.0 cm³/mol. The minimum atomic E-state index is -1.00. The van der Waals surface area contributed by atoms with E-state index < -0.39 is 5.97 Å². The lowest BCUT2D eigenvalue weighted by atomic mass is 10.3. The highest BCUT2D eigenvalue weighted by atomic mass is 16.4. The van der Waals surface area contributed by atoms with E-state index in [4.69, 9.17) is 11.5 Å². The largest absolute Gasteiger partial charge is 0.480 e. The van der Waals surface area contributed by atoms with Crippen molar-refractivity contribution in [1.82, 2.24) is 25.6 Å². The number of carboxylic acid groups (broad SMARTS) is 1. The van der Waals surface area contributed by atoms with Crippen LogP contribution in [0.2, 0.25) is 0 Å². The number of unbranched alkanes of at least 4 members (excludes halogenated alkanes) is 1. The second-order valence-corrected chi connectivity index (χ2v) is 3.72. The normalized spacial score (nSPS) is 9.63. The van der Waals surface area contributed by atoms with Crippen LogP contribution in [0.1, 0.15) is 18.5 Å². The van der Waals surface area contributed by atoms with Crippen molar-refractivity contribution >= 4 is 12.0 Å². The maximum absolute atomic E-state index is 11.3. The molecule has 1 aromatic rings. The second kappa shape index (κ2) is 7.71. The molecule has 2 amide bonds. The van der Waals surface area contributed by atoms with Gasteiger partial charge in [0.2, 0.25) is 0 Å². The lowest BCUT2D eigenvalue weighted by Crippen LogP contribution is -2.35. The molecule has 0 spiro atoms. The molecule has 1 heterocycles. The number of carboxylic acids is 1. The number of aromatic nitrogens is 3. The van der Waals surface area contributed by atoms with Crippen LogP contribution in [0, 0.1) is 12.3 Å². The standard InChI is InChI=1S/C11H15N5O3/c1-2-3-4-5-12-11(19)13-6-9-7-16(15-14-9)8-10(17)18/h1,7H,3-6,8H2,(H,17,18)(H2,12,13,19). The molecular formula is C11H15N5O3. The first-order valence-corrected chi connectivity index (χ1v) is 5.68. The molecule has 0 fully saturated rings. The van der Waals surface area contributed by atoms with E-state index in [1.54, 1.807) is 0 Å². The van der Waals surface area contributed by atoms with Gasteiger partial charge in [-0.05, 0) is 6.42 Å². The van der Waals surface area contributed by atoms with Crippen LogP contribution in [-0.4, -0.2) is 38.6 Å². The number of urea groups is 1. The Balaban J connectivity index is 2.24. The van der Waals surface area contributed by atoms with Gasteiger partial charge in [0.25, 0.3) is 0 Å². The average molecular weight is 265 g/mol. The number of nitrogens with zero attached hydrogens (tertiary/aromatic N) is 3. The zero-order valence-corrected chi connectivity index (χ0v) is 10.3. The molecule has 0 aromatic carbocycles. The number of rotatable bonds is 7. The fourth-order valence-electron chi connectivity index (χ4n) is 1.26. The molecule has 3 N–H and O–H groups in total. The third-order valence-corrected chi connectivity index (χ3v) is 2.10. The van der Waals surface area contributed by atoms with E-state index in [1.165, 1.54) is 10.9 Å². The molecule has 102 valence electrons. The summed E-state index contributed by atoms with van der Waals surface area (Å²) >= 11 is 0. The quantitative estimate of drug-likeness (QED) is 0.458. The summed E-state index contributed by atoms with van der Waals surface area (Å²) in [6.07, 6.45) is 7.88. The topological polar surface area (TPSA) is 109 Å². The summed E-state index contributed by atoms with van der Waals surface area (Å²) in [4.78, 5) is 21.8. The maximum Gasteiger partial charge on any atom is 0.325 e. The van der Waals surface area contributed by atoms with Crippen molar-refractivity contribution in [2.45, 2.75) is 25.9 Å². The number of hydrogen-bond acceptors (Lipinski definition) is 4. The van der Waals surface area contributed by atoms with E-state index in [0.29, 0.717) is 18.7 Å². The lowest BCUT2D eigenvalue weighted by molar-refractivity contribution is -0.137. The number of carbonyl (C=O) groups excluding carboxylic acids is 1. The molecule has 0 aliphatic rings. The van der Waals surface area contributed by atoms with Gasteiger partial charge in [0, 0.05) is 13.0 Å². The molecule has 0 saturated heterocycles. The third-order valence-electron chi connectivity index (χ3n) is 2.10. The highest BCUT2D eigenvalue weighted by Crippen LogP contribution is 1.92. The number of carbonyl (C=O) groups is 2. The van der Waals surface area contributed by atoms with Crippen molar-refractivity contribution < 1.29 is 14.7 Å². The van der Waals surface area contributed by atoms with Gasteiger partial charge in [-0.3, -0.25) is 4.79 Å². The summed E-state index contributed by atoms with van der Waals surface area (Å²) in [5.41, 5.74) is 0.486. The fraction of sp³-hybridized carbons (Fsp3) is 0.455. The van der Waals surface area contributed by atoms with Crippen LogP contribution < -0.4 is 10.6 Å². The van der Waals surface area contributed by atoms with Crippen LogP contribution >= 0.6 is 0 Å². The van der Waals surface area contributed by atoms with E-state index in [-0.39, 0.29) is 19.1 Å². The molecule has 8 nitrogen and oxygen atoms in total. The van der Waals surface area contributed by atoms with Crippen LogP contribution in [0.5, 0.6) is 0 Å². The smallest absolute Gasteiger partial charge is 0.325 e. The summed E-state index contributed by atoms with van der Waals surface area (Å²) in [6.45, 7) is 0.424. The van der Waals surface area contributed by atoms with Gasteiger partial charge in [0.15, 0.2) is 0 Å². The minimum Gasteiger partial charge on any atom is -0.480 e. The van der Waals surface area contributed by atoms with Crippen molar-refractivity contribution in [2.24, 2.45) is 0 Å². The van der Waals surface area contributed by atoms with Gasteiger partial charge in [-0.1, -0.05) is 5.21 Å². The summed E-state index contributed by atoms with van der Waals surface area (Å²) < 4.78 is 1.18. The van der Waals surface area contributed by atoms with Gasteiger partial charge in [-0.2, -0.15) is 0 Å². The Labute approximate surface area is 110 Å². The van der Waals surface area contributed by atoms with Crippen LogP contribution in [-0.2, 0) is 17.9 Å². The van der Waals surface area contributed by atoms with Crippen molar-refractivity contribution in [3.05, 3.63) is 11.9 Å². The summed E-state index contributed by atoms with van der Waals surface area (Å²) in [5, 5.41) is 21.1. The highest BCUT2D eigenvalue weighted by molar-refractivity contribution is 5.73. The first-order valence-electron chi connectivity index (χ1n) is 5.68. The third kappa shape index (κ3) is 6.07. The van der Waals surface area contributed by atoms with E-state index in [9.17, 15) is 9.59 Å².